The van der Waals surface area contributed by atoms with Crippen molar-refractivity contribution in [3.8, 4) is 0 Å². The molecule has 0 spiro atoms. The monoisotopic (exact) mass is 171 g/mol. The number of rotatable bonds is 6. The normalized spacial score (nSPS) is 14.2. The van der Waals surface area contributed by atoms with Crippen molar-refractivity contribution in [3.05, 3.63) is 0 Å². The minimum Gasteiger partial charge on any atom is -0.316 e. The van der Waals surface area contributed by atoms with E-state index in [0.717, 1.165) is 24.3 Å². The highest BCUT2D eigenvalue weighted by atomic mass is 14.8. The van der Waals surface area contributed by atoms with Gasteiger partial charge < -0.3 is 5.32 Å². The Balaban J connectivity index is 3.20. The Hall–Kier alpha value is -0.0400. The quantitative estimate of drug-likeness (QED) is 0.606. The first-order chi connectivity index (χ1) is 5.54. The number of nitrogens with one attached hydrogen (secondary N) is 1. The SMILES string of the molecule is CC(C)CNCCC(C)C(C)C. The lowest BCUT2D eigenvalue weighted by Crippen LogP contribution is -2.23. The molecule has 0 saturated carbocycles. The first-order valence-electron chi connectivity index (χ1n) is 5.24. The van der Waals surface area contributed by atoms with Crippen LogP contribution < -0.4 is 5.32 Å². The molecule has 1 unspecified atom stereocenters. The molecular formula is C11H25N. The summed E-state index contributed by atoms with van der Waals surface area (Å²) < 4.78 is 0. The van der Waals surface area contributed by atoms with Gasteiger partial charge in [0, 0.05) is 0 Å². The van der Waals surface area contributed by atoms with Gasteiger partial charge in [-0.15, -0.1) is 0 Å². The van der Waals surface area contributed by atoms with Crippen LogP contribution in [-0.4, -0.2) is 13.1 Å². The summed E-state index contributed by atoms with van der Waals surface area (Å²) in [6.45, 7) is 13.8. The van der Waals surface area contributed by atoms with E-state index >= 15 is 0 Å². The van der Waals surface area contributed by atoms with E-state index in [-0.39, 0.29) is 0 Å². The predicted molar refractivity (Wildman–Crippen MR) is 56.3 cm³/mol. The molecule has 0 radical (unpaired) electrons. The summed E-state index contributed by atoms with van der Waals surface area (Å²) in [6, 6.07) is 0. The molecule has 0 saturated heterocycles. The highest BCUT2D eigenvalue weighted by molar-refractivity contribution is 4.59. The van der Waals surface area contributed by atoms with Gasteiger partial charge in [0.2, 0.25) is 0 Å². The summed E-state index contributed by atoms with van der Waals surface area (Å²) in [4.78, 5) is 0. The van der Waals surface area contributed by atoms with E-state index < -0.39 is 0 Å². The third kappa shape index (κ3) is 6.66. The molecule has 0 aromatic heterocycles. The third-order valence-electron chi connectivity index (χ3n) is 2.47. The Bertz CT molecular complexity index is 97.2. The van der Waals surface area contributed by atoms with Crippen molar-refractivity contribution in [2.45, 2.75) is 41.0 Å². The third-order valence-corrected chi connectivity index (χ3v) is 2.47. The minimum atomic E-state index is 0.777. The van der Waals surface area contributed by atoms with Crippen LogP contribution in [0.2, 0.25) is 0 Å². The first kappa shape index (κ1) is 12.0. The molecule has 0 aliphatic heterocycles. The second kappa shape index (κ2) is 6.47. The van der Waals surface area contributed by atoms with Crippen LogP contribution in [-0.2, 0) is 0 Å². The summed E-state index contributed by atoms with van der Waals surface area (Å²) in [7, 11) is 0. The van der Waals surface area contributed by atoms with Gasteiger partial charge in [0.1, 0.15) is 0 Å². The fraction of sp³-hybridized carbons (Fsp3) is 1.00. The molecule has 1 N–H and O–H groups in total. The maximum absolute atomic E-state index is 3.47. The second-order valence-corrected chi connectivity index (χ2v) is 4.61. The molecule has 0 amide bonds. The van der Waals surface area contributed by atoms with Crippen LogP contribution in [0.1, 0.15) is 41.0 Å². The van der Waals surface area contributed by atoms with Gasteiger partial charge in [0.05, 0.1) is 0 Å². The summed E-state index contributed by atoms with van der Waals surface area (Å²) in [5.74, 6) is 2.45. The fourth-order valence-corrected chi connectivity index (χ4v) is 1.05. The van der Waals surface area contributed by atoms with Gasteiger partial charge in [-0.2, -0.15) is 0 Å². The molecule has 0 rings (SSSR count). The summed E-state index contributed by atoms with van der Waals surface area (Å²) in [6.07, 6.45) is 1.31. The zero-order valence-corrected chi connectivity index (χ0v) is 9.35. The molecule has 74 valence electrons. The lowest BCUT2D eigenvalue weighted by atomic mass is 9.95. The lowest BCUT2D eigenvalue weighted by molar-refractivity contribution is 0.378. The van der Waals surface area contributed by atoms with Crippen LogP contribution >= 0.6 is 0 Å². The zero-order chi connectivity index (χ0) is 9.56. The van der Waals surface area contributed by atoms with E-state index in [2.05, 4.69) is 39.9 Å². The van der Waals surface area contributed by atoms with Crippen LogP contribution in [0.3, 0.4) is 0 Å². The topological polar surface area (TPSA) is 12.0 Å². The predicted octanol–water partition coefficient (Wildman–Crippen LogP) is 2.91. The van der Waals surface area contributed by atoms with Crippen molar-refractivity contribution in [2.24, 2.45) is 17.8 Å². The highest BCUT2D eigenvalue weighted by Gasteiger charge is 2.05. The maximum atomic E-state index is 3.47. The van der Waals surface area contributed by atoms with E-state index in [1.807, 2.05) is 0 Å². The van der Waals surface area contributed by atoms with Crippen LogP contribution in [0.5, 0.6) is 0 Å². The molecule has 0 aromatic carbocycles. The molecule has 1 nitrogen and oxygen atoms in total. The molecule has 0 aliphatic rings. The molecular weight excluding hydrogens is 146 g/mol. The van der Waals surface area contributed by atoms with Gasteiger partial charge >= 0.3 is 0 Å². The van der Waals surface area contributed by atoms with Crippen molar-refractivity contribution >= 4 is 0 Å². The Morgan fingerprint density at radius 2 is 1.58 bits per heavy atom. The van der Waals surface area contributed by atoms with Crippen molar-refractivity contribution in [1.29, 1.82) is 0 Å². The number of hydrogen-bond acceptors (Lipinski definition) is 1. The van der Waals surface area contributed by atoms with E-state index in [0.29, 0.717) is 0 Å². The van der Waals surface area contributed by atoms with Gasteiger partial charge in [0.25, 0.3) is 0 Å². The van der Waals surface area contributed by atoms with Gasteiger partial charge in [-0.05, 0) is 37.3 Å². The average Bonchev–Trinajstić information content (AvgIpc) is 1.97. The Labute approximate surface area is 77.9 Å². The standard InChI is InChI=1S/C11H25N/c1-9(2)8-12-7-6-11(5)10(3)4/h9-12H,6-8H2,1-5H3. The molecule has 1 atom stereocenters. The molecule has 0 heterocycles. The Morgan fingerprint density at radius 3 is 2.00 bits per heavy atom. The molecule has 0 aliphatic carbocycles. The fourth-order valence-electron chi connectivity index (χ4n) is 1.05. The summed E-state index contributed by atoms with van der Waals surface area (Å²) in [5, 5.41) is 3.47. The number of hydrogen-bond donors (Lipinski definition) is 1. The van der Waals surface area contributed by atoms with E-state index in [9.17, 15) is 0 Å². The van der Waals surface area contributed by atoms with Gasteiger partial charge in [-0.1, -0.05) is 34.6 Å². The highest BCUT2D eigenvalue weighted by Crippen LogP contribution is 2.12. The van der Waals surface area contributed by atoms with Gasteiger partial charge in [-0.25, -0.2) is 0 Å². The maximum Gasteiger partial charge on any atom is -0.00258 e. The molecule has 0 aromatic rings. The smallest absolute Gasteiger partial charge is 0.00258 e. The van der Waals surface area contributed by atoms with Gasteiger partial charge in [0.15, 0.2) is 0 Å². The Morgan fingerprint density at radius 1 is 1.00 bits per heavy atom. The average molecular weight is 171 g/mol. The zero-order valence-electron chi connectivity index (χ0n) is 9.35. The second-order valence-electron chi connectivity index (χ2n) is 4.61. The summed E-state index contributed by atoms with van der Waals surface area (Å²) >= 11 is 0. The van der Waals surface area contributed by atoms with Crippen molar-refractivity contribution in [3.63, 3.8) is 0 Å². The van der Waals surface area contributed by atoms with Crippen LogP contribution in [0.25, 0.3) is 0 Å². The van der Waals surface area contributed by atoms with Crippen LogP contribution in [0.15, 0.2) is 0 Å². The lowest BCUT2D eigenvalue weighted by Gasteiger charge is -2.15. The van der Waals surface area contributed by atoms with Crippen LogP contribution in [0.4, 0.5) is 0 Å². The van der Waals surface area contributed by atoms with Gasteiger partial charge in [-0.3, -0.25) is 0 Å². The van der Waals surface area contributed by atoms with E-state index in [1.54, 1.807) is 0 Å². The first-order valence-corrected chi connectivity index (χ1v) is 5.24. The van der Waals surface area contributed by atoms with E-state index in [1.165, 1.54) is 13.0 Å². The summed E-state index contributed by atoms with van der Waals surface area (Å²) in [5.41, 5.74) is 0. The van der Waals surface area contributed by atoms with Crippen molar-refractivity contribution < 1.29 is 0 Å². The molecule has 0 fully saturated rings. The minimum absolute atomic E-state index is 0.777. The van der Waals surface area contributed by atoms with Crippen molar-refractivity contribution in [1.82, 2.24) is 5.32 Å². The van der Waals surface area contributed by atoms with Crippen molar-refractivity contribution in [2.75, 3.05) is 13.1 Å². The van der Waals surface area contributed by atoms with E-state index in [4.69, 9.17) is 0 Å². The molecule has 1 heteroatoms. The largest absolute Gasteiger partial charge is 0.316 e. The molecule has 12 heavy (non-hydrogen) atoms. The molecule has 0 bridgehead atoms. The Kier molecular flexibility index (Phi) is 6.45. The van der Waals surface area contributed by atoms with Crippen LogP contribution in [0, 0.1) is 17.8 Å².